The van der Waals surface area contributed by atoms with Gasteiger partial charge in [-0.1, -0.05) is 0 Å². The molecule has 0 amide bonds. The van der Waals surface area contributed by atoms with Crippen LogP contribution in [0.2, 0.25) is 0 Å². The van der Waals surface area contributed by atoms with E-state index in [2.05, 4.69) is 26.9 Å². The van der Waals surface area contributed by atoms with Crippen molar-refractivity contribution < 1.29 is 9.53 Å². The standard InChI is InChI=1S/C22H33N3O2/c1-27-21(26)8-2-7-20-19-6-4-14-24-13-3-5-18(22(19)24)16-25(20)15-17-9-11-23-12-10-17/h9-12,18-20,22H,2-8,13-16H2,1H3/t18-,19-,20-,22+/m1/s1. The summed E-state index contributed by atoms with van der Waals surface area (Å²) in [6, 6.07) is 5.63. The minimum atomic E-state index is -0.0766. The fourth-order valence-electron chi connectivity index (χ4n) is 5.94. The molecule has 3 aliphatic rings. The van der Waals surface area contributed by atoms with Crippen molar-refractivity contribution in [2.45, 2.75) is 63.6 Å². The lowest BCUT2D eigenvalue weighted by Crippen LogP contribution is -2.64. The molecule has 0 aliphatic carbocycles. The van der Waals surface area contributed by atoms with Gasteiger partial charge in [-0.05, 0) is 81.1 Å². The van der Waals surface area contributed by atoms with E-state index >= 15 is 0 Å². The van der Waals surface area contributed by atoms with E-state index in [9.17, 15) is 4.79 Å². The molecule has 4 heterocycles. The average molecular weight is 372 g/mol. The van der Waals surface area contributed by atoms with Crippen molar-refractivity contribution in [2.75, 3.05) is 26.7 Å². The fourth-order valence-corrected chi connectivity index (χ4v) is 5.94. The maximum Gasteiger partial charge on any atom is 0.305 e. The third-order valence-electron chi connectivity index (χ3n) is 7.02. The van der Waals surface area contributed by atoms with Gasteiger partial charge in [0.25, 0.3) is 0 Å². The summed E-state index contributed by atoms with van der Waals surface area (Å²) < 4.78 is 4.86. The lowest BCUT2D eigenvalue weighted by Gasteiger charge is -2.57. The van der Waals surface area contributed by atoms with Crippen LogP contribution in [-0.4, -0.2) is 59.6 Å². The fraction of sp³-hybridized carbons (Fsp3) is 0.727. The molecule has 0 saturated carbocycles. The normalized spacial score (nSPS) is 31.3. The van der Waals surface area contributed by atoms with Gasteiger partial charge >= 0.3 is 5.97 Å². The highest BCUT2D eigenvalue weighted by Gasteiger charge is 2.48. The molecule has 0 aromatic carbocycles. The zero-order chi connectivity index (χ0) is 18.6. The summed E-state index contributed by atoms with van der Waals surface area (Å²) in [6.45, 7) is 4.78. The van der Waals surface area contributed by atoms with Crippen molar-refractivity contribution in [3.05, 3.63) is 30.1 Å². The van der Waals surface area contributed by atoms with Crippen LogP contribution in [0.1, 0.15) is 50.5 Å². The van der Waals surface area contributed by atoms with Crippen molar-refractivity contribution in [3.8, 4) is 0 Å². The highest BCUT2D eigenvalue weighted by atomic mass is 16.5. The monoisotopic (exact) mass is 371 g/mol. The molecular weight excluding hydrogens is 338 g/mol. The first-order valence-electron chi connectivity index (χ1n) is 10.7. The van der Waals surface area contributed by atoms with Gasteiger partial charge in [-0.3, -0.25) is 19.6 Å². The number of rotatable bonds is 6. The van der Waals surface area contributed by atoms with Gasteiger partial charge in [0.1, 0.15) is 0 Å². The first-order valence-corrected chi connectivity index (χ1v) is 10.7. The summed E-state index contributed by atoms with van der Waals surface area (Å²) in [5.41, 5.74) is 1.35. The molecule has 1 aromatic heterocycles. The zero-order valence-corrected chi connectivity index (χ0v) is 16.6. The van der Waals surface area contributed by atoms with Crippen molar-refractivity contribution in [1.29, 1.82) is 0 Å². The van der Waals surface area contributed by atoms with Crippen molar-refractivity contribution in [1.82, 2.24) is 14.8 Å². The largest absolute Gasteiger partial charge is 0.469 e. The molecule has 3 fully saturated rings. The summed E-state index contributed by atoms with van der Waals surface area (Å²) in [6.07, 6.45) is 11.8. The Hall–Kier alpha value is -1.46. The van der Waals surface area contributed by atoms with Crippen LogP contribution in [0.5, 0.6) is 0 Å². The van der Waals surface area contributed by atoms with Gasteiger partial charge in [0.15, 0.2) is 0 Å². The summed E-state index contributed by atoms with van der Waals surface area (Å²) in [5, 5.41) is 0. The van der Waals surface area contributed by atoms with E-state index in [1.54, 1.807) is 0 Å². The summed E-state index contributed by atoms with van der Waals surface area (Å²) >= 11 is 0. The van der Waals surface area contributed by atoms with Crippen LogP contribution in [0.4, 0.5) is 0 Å². The lowest BCUT2D eigenvalue weighted by molar-refractivity contribution is -0.141. The van der Waals surface area contributed by atoms with Gasteiger partial charge < -0.3 is 4.74 Å². The second kappa shape index (κ2) is 8.70. The number of pyridine rings is 1. The van der Waals surface area contributed by atoms with E-state index in [0.29, 0.717) is 12.5 Å². The minimum Gasteiger partial charge on any atom is -0.469 e. The van der Waals surface area contributed by atoms with Gasteiger partial charge in [0.05, 0.1) is 7.11 Å². The zero-order valence-electron chi connectivity index (χ0n) is 16.6. The number of likely N-dealkylation sites (tertiary alicyclic amines) is 1. The first-order chi connectivity index (χ1) is 13.3. The summed E-state index contributed by atoms with van der Waals surface area (Å²) in [7, 11) is 1.49. The topological polar surface area (TPSA) is 45.7 Å². The molecule has 3 aliphatic heterocycles. The summed E-state index contributed by atoms with van der Waals surface area (Å²) in [5.74, 6) is 1.48. The molecule has 5 nitrogen and oxygen atoms in total. The maximum atomic E-state index is 11.6. The molecule has 3 saturated heterocycles. The highest BCUT2D eigenvalue weighted by Crippen LogP contribution is 2.43. The van der Waals surface area contributed by atoms with E-state index in [1.807, 2.05) is 12.4 Å². The third kappa shape index (κ3) is 4.19. The number of nitrogens with zero attached hydrogens (tertiary/aromatic N) is 3. The molecule has 0 spiro atoms. The Bertz CT molecular complexity index is 621. The number of hydrogen-bond donors (Lipinski definition) is 0. The van der Waals surface area contributed by atoms with Crippen LogP contribution < -0.4 is 0 Å². The second-order valence-corrected chi connectivity index (χ2v) is 8.56. The van der Waals surface area contributed by atoms with E-state index in [4.69, 9.17) is 4.74 Å². The van der Waals surface area contributed by atoms with Gasteiger partial charge in [-0.25, -0.2) is 0 Å². The van der Waals surface area contributed by atoms with Gasteiger partial charge in [-0.2, -0.15) is 0 Å². The molecule has 4 rings (SSSR count). The average Bonchev–Trinajstić information content (AvgIpc) is 2.71. The molecule has 0 unspecified atom stereocenters. The van der Waals surface area contributed by atoms with Gasteiger partial charge in [-0.15, -0.1) is 0 Å². The van der Waals surface area contributed by atoms with Crippen LogP contribution >= 0.6 is 0 Å². The highest BCUT2D eigenvalue weighted by molar-refractivity contribution is 5.68. The smallest absolute Gasteiger partial charge is 0.305 e. The predicted molar refractivity (Wildman–Crippen MR) is 105 cm³/mol. The Labute approximate surface area is 163 Å². The van der Waals surface area contributed by atoms with E-state index in [1.165, 1.54) is 58.0 Å². The molecule has 0 N–H and O–H groups in total. The quantitative estimate of drug-likeness (QED) is 0.719. The molecule has 148 valence electrons. The van der Waals surface area contributed by atoms with Crippen LogP contribution in [0.3, 0.4) is 0 Å². The molecular formula is C22H33N3O2. The number of carbonyl (C=O) groups excluding carboxylic acids is 1. The Balaban J connectivity index is 1.52. The molecule has 27 heavy (non-hydrogen) atoms. The predicted octanol–water partition coefficient (Wildman–Crippen LogP) is 3.10. The number of aromatic nitrogens is 1. The molecule has 0 bridgehead atoms. The first kappa shape index (κ1) is 18.9. The minimum absolute atomic E-state index is 0.0766. The van der Waals surface area contributed by atoms with Crippen LogP contribution in [0.25, 0.3) is 0 Å². The van der Waals surface area contributed by atoms with E-state index in [-0.39, 0.29) is 5.97 Å². The van der Waals surface area contributed by atoms with Crippen molar-refractivity contribution in [2.24, 2.45) is 11.8 Å². The van der Waals surface area contributed by atoms with Crippen molar-refractivity contribution in [3.63, 3.8) is 0 Å². The van der Waals surface area contributed by atoms with Crippen LogP contribution in [0.15, 0.2) is 24.5 Å². The number of piperidine rings is 3. The van der Waals surface area contributed by atoms with E-state index in [0.717, 1.165) is 37.3 Å². The Kier molecular flexibility index (Phi) is 6.08. The number of methoxy groups -OCH3 is 1. The third-order valence-corrected chi connectivity index (χ3v) is 7.02. The van der Waals surface area contributed by atoms with Crippen LogP contribution in [-0.2, 0) is 16.1 Å². The van der Waals surface area contributed by atoms with Crippen molar-refractivity contribution >= 4 is 5.97 Å². The maximum absolute atomic E-state index is 11.6. The number of hydrogen-bond acceptors (Lipinski definition) is 5. The molecule has 5 heteroatoms. The SMILES string of the molecule is COC(=O)CCC[C@@H]1[C@H]2CCCN3CCC[C@H](CN1Cc1ccncc1)[C@@H]23. The Morgan fingerprint density at radius 2 is 2.00 bits per heavy atom. The number of ether oxygens (including phenoxy) is 1. The molecule has 4 atom stereocenters. The van der Waals surface area contributed by atoms with E-state index < -0.39 is 0 Å². The lowest BCUT2D eigenvalue weighted by atomic mass is 9.69. The number of esters is 1. The van der Waals surface area contributed by atoms with Crippen LogP contribution in [0, 0.1) is 11.8 Å². The Morgan fingerprint density at radius 1 is 1.22 bits per heavy atom. The number of carbonyl (C=O) groups is 1. The molecule has 1 aromatic rings. The summed E-state index contributed by atoms with van der Waals surface area (Å²) in [4.78, 5) is 21.3. The second-order valence-electron chi connectivity index (χ2n) is 8.56. The Morgan fingerprint density at radius 3 is 2.78 bits per heavy atom. The van der Waals surface area contributed by atoms with Gasteiger partial charge in [0.2, 0.25) is 0 Å². The van der Waals surface area contributed by atoms with Gasteiger partial charge in [0, 0.05) is 44.0 Å². The molecule has 0 radical (unpaired) electrons.